The fourth-order valence-electron chi connectivity index (χ4n) is 2.57. The Balaban J connectivity index is 2.00. The molecular weight excluding hydrogens is 286 g/mol. The Bertz CT molecular complexity index is 506. The van der Waals surface area contributed by atoms with E-state index in [1.165, 1.54) is 4.90 Å². The van der Waals surface area contributed by atoms with Gasteiger partial charge in [-0.1, -0.05) is 30.3 Å². The molecule has 1 aliphatic heterocycles. The third-order valence-electron chi connectivity index (χ3n) is 3.84. The molecule has 0 spiro atoms. The van der Waals surface area contributed by atoms with Gasteiger partial charge in [0.15, 0.2) is 0 Å². The van der Waals surface area contributed by atoms with Crippen LogP contribution in [-0.2, 0) is 15.0 Å². The van der Waals surface area contributed by atoms with Crippen LogP contribution in [0.3, 0.4) is 0 Å². The first-order valence-corrected chi connectivity index (χ1v) is 8.34. The van der Waals surface area contributed by atoms with Crippen LogP contribution in [0.4, 0.5) is 0 Å². The SMILES string of the molecule is CC1(c2ccccc2)CC(=O)N(CCSCCCO)C1=O. The highest BCUT2D eigenvalue weighted by atomic mass is 32.2. The number of benzene rings is 1. The lowest BCUT2D eigenvalue weighted by atomic mass is 9.81. The van der Waals surface area contributed by atoms with Crippen molar-refractivity contribution in [3.63, 3.8) is 0 Å². The quantitative estimate of drug-likeness (QED) is 0.617. The summed E-state index contributed by atoms with van der Waals surface area (Å²) in [5, 5.41) is 8.72. The molecule has 1 saturated heterocycles. The van der Waals surface area contributed by atoms with E-state index in [2.05, 4.69) is 0 Å². The average Bonchev–Trinajstić information content (AvgIpc) is 2.72. The van der Waals surface area contributed by atoms with E-state index in [9.17, 15) is 9.59 Å². The molecule has 1 aliphatic rings. The Morgan fingerprint density at radius 3 is 2.62 bits per heavy atom. The minimum absolute atomic E-state index is 0.0888. The number of thioether (sulfide) groups is 1. The molecule has 0 saturated carbocycles. The predicted octanol–water partition coefficient (Wildman–Crippen LogP) is 1.82. The maximum atomic E-state index is 12.6. The van der Waals surface area contributed by atoms with Gasteiger partial charge in [-0.05, 0) is 24.7 Å². The highest BCUT2D eigenvalue weighted by Gasteiger charge is 2.48. The Labute approximate surface area is 129 Å². The van der Waals surface area contributed by atoms with Gasteiger partial charge in [-0.3, -0.25) is 14.5 Å². The van der Waals surface area contributed by atoms with Gasteiger partial charge in [-0.15, -0.1) is 0 Å². The fraction of sp³-hybridized carbons (Fsp3) is 0.500. The van der Waals surface area contributed by atoms with E-state index in [1.54, 1.807) is 11.8 Å². The Morgan fingerprint density at radius 2 is 1.95 bits per heavy atom. The molecule has 21 heavy (non-hydrogen) atoms. The molecular formula is C16H21NO3S. The monoisotopic (exact) mass is 307 g/mol. The molecule has 2 rings (SSSR count). The second-order valence-corrected chi connectivity index (χ2v) is 6.64. The van der Waals surface area contributed by atoms with E-state index >= 15 is 0 Å². The van der Waals surface area contributed by atoms with Crippen LogP contribution in [0.15, 0.2) is 30.3 Å². The van der Waals surface area contributed by atoms with Gasteiger partial charge in [0.25, 0.3) is 0 Å². The number of rotatable bonds is 7. The number of hydrogen-bond acceptors (Lipinski definition) is 4. The maximum absolute atomic E-state index is 12.6. The zero-order valence-electron chi connectivity index (χ0n) is 12.2. The summed E-state index contributed by atoms with van der Waals surface area (Å²) in [5.74, 6) is 1.39. The van der Waals surface area contributed by atoms with Crippen molar-refractivity contribution < 1.29 is 14.7 Å². The number of carbonyl (C=O) groups excluding carboxylic acids is 2. The summed E-state index contributed by atoms with van der Waals surface area (Å²) in [6, 6.07) is 9.51. The van der Waals surface area contributed by atoms with Crippen molar-refractivity contribution in [2.24, 2.45) is 0 Å². The summed E-state index contributed by atoms with van der Waals surface area (Å²) in [4.78, 5) is 26.2. The molecule has 1 fully saturated rings. The van der Waals surface area contributed by atoms with E-state index in [0.717, 1.165) is 23.5 Å². The zero-order valence-corrected chi connectivity index (χ0v) is 13.1. The molecule has 1 atom stereocenters. The van der Waals surface area contributed by atoms with Gasteiger partial charge in [-0.2, -0.15) is 11.8 Å². The second kappa shape index (κ2) is 7.09. The van der Waals surface area contributed by atoms with Crippen LogP contribution in [0, 0.1) is 0 Å². The number of carbonyl (C=O) groups is 2. The van der Waals surface area contributed by atoms with Gasteiger partial charge in [0.05, 0.1) is 5.41 Å². The summed E-state index contributed by atoms with van der Waals surface area (Å²) in [6.45, 7) is 2.48. The summed E-state index contributed by atoms with van der Waals surface area (Å²) >= 11 is 1.66. The first-order chi connectivity index (χ1) is 10.1. The minimum atomic E-state index is -0.728. The molecule has 4 nitrogen and oxygen atoms in total. The normalized spacial score (nSPS) is 22.1. The predicted molar refractivity (Wildman–Crippen MR) is 84.2 cm³/mol. The summed E-state index contributed by atoms with van der Waals surface area (Å²) in [6.07, 6.45) is 0.992. The fourth-order valence-corrected chi connectivity index (χ4v) is 3.42. The van der Waals surface area contributed by atoms with Crippen LogP contribution in [0.1, 0.15) is 25.3 Å². The smallest absolute Gasteiger partial charge is 0.240 e. The van der Waals surface area contributed by atoms with Crippen molar-refractivity contribution in [1.29, 1.82) is 0 Å². The number of hydrogen-bond donors (Lipinski definition) is 1. The molecule has 0 radical (unpaired) electrons. The molecule has 114 valence electrons. The van der Waals surface area contributed by atoms with Gasteiger partial charge < -0.3 is 5.11 Å². The largest absolute Gasteiger partial charge is 0.396 e. The van der Waals surface area contributed by atoms with E-state index in [1.807, 2.05) is 37.3 Å². The average molecular weight is 307 g/mol. The molecule has 1 unspecified atom stereocenters. The van der Waals surface area contributed by atoms with Crippen molar-refractivity contribution in [2.75, 3.05) is 24.7 Å². The van der Waals surface area contributed by atoms with Crippen LogP contribution >= 0.6 is 11.8 Å². The van der Waals surface area contributed by atoms with Crippen LogP contribution in [0.25, 0.3) is 0 Å². The lowest BCUT2D eigenvalue weighted by Gasteiger charge is -2.22. The topological polar surface area (TPSA) is 57.6 Å². The first-order valence-electron chi connectivity index (χ1n) is 7.18. The number of nitrogens with zero attached hydrogens (tertiary/aromatic N) is 1. The highest BCUT2D eigenvalue weighted by molar-refractivity contribution is 7.99. The second-order valence-electron chi connectivity index (χ2n) is 5.41. The minimum Gasteiger partial charge on any atom is -0.396 e. The van der Waals surface area contributed by atoms with Crippen LogP contribution < -0.4 is 0 Å². The summed E-state index contributed by atoms with van der Waals surface area (Å²) < 4.78 is 0. The Kier molecular flexibility index (Phi) is 5.42. The third-order valence-corrected chi connectivity index (χ3v) is 4.89. The van der Waals surface area contributed by atoms with Gasteiger partial charge in [0.2, 0.25) is 11.8 Å². The van der Waals surface area contributed by atoms with Crippen molar-refractivity contribution in [2.45, 2.75) is 25.2 Å². The summed E-state index contributed by atoms with van der Waals surface area (Å²) in [5.41, 5.74) is 0.174. The number of imide groups is 1. The molecule has 0 aromatic heterocycles. The first kappa shape index (κ1) is 16.0. The van der Waals surface area contributed by atoms with Crippen molar-refractivity contribution >= 4 is 23.6 Å². The van der Waals surface area contributed by atoms with E-state index in [-0.39, 0.29) is 24.8 Å². The summed E-state index contributed by atoms with van der Waals surface area (Å²) in [7, 11) is 0. The number of aliphatic hydroxyl groups excluding tert-OH is 1. The number of likely N-dealkylation sites (tertiary alicyclic amines) is 1. The van der Waals surface area contributed by atoms with Crippen LogP contribution in [-0.4, -0.2) is 46.5 Å². The van der Waals surface area contributed by atoms with E-state index in [0.29, 0.717) is 6.54 Å². The molecule has 1 aromatic carbocycles. The van der Waals surface area contributed by atoms with Crippen molar-refractivity contribution in [3.8, 4) is 0 Å². The molecule has 5 heteroatoms. The standard InChI is InChI=1S/C16H21NO3S/c1-16(13-6-3-2-4-7-13)12-14(19)17(15(16)20)8-11-21-10-5-9-18/h2-4,6-7,18H,5,8-12H2,1H3. The van der Waals surface area contributed by atoms with Crippen LogP contribution in [0.5, 0.6) is 0 Å². The number of amides is 2. The lowest BCUT2D eigenvalue weighted by molar-refractivity contribution is -0.139. The van der Waals surface area contributed by atoms with Gasteiger partial charge in [-0.25, -0.2) is 0 Å². The van der Waals surface area contributed by atoms with Crippen molar-refractivity contribution in [3.05, 3.63) is 35.9 Å². The molecule has 2 amide bonds. The Hall–Kier alpha value is -1.33. The van der Waals surface area contributed by atoms with E-state index in [4.69, 9.17) is 5.11 Å². The number of aliphatic hydroxyl groups is 1. The molecule has 1 heterocycles. The van der Waals surface area contributed by atoms with Gasteiger partial charge in [0.1, 0.15) is 0 Å². The molecule has 1 N–H and O–H groups in total. The maximum Gasteiger partial charge on any atom is 0.240 e. The van der Waals surface area contributed by atoms with Crippen LogP contribution in [0.2, 0.25) is 0 Å². The zero-order chi connectivity index (χ0) is 15.3. The van der Waals surface area contributed by atoms with Crippen molar-refractivity contribution in [1.82, 2.24) is 4.90 Å². The highest BCUT2D eigenvalue weighted by Crippen LogP contribution is 2.36. The van der Waals surface area contributed by atoms with Gasteiger partial charge in [0, 0.05) is 25.3 Å². The third kappa shape index (κ3) is 3.47. The van der Waals surface area contributed by atoms with E-state index < -0.39 is 5.41 Å². The molecule has 0 aliphatic carbocycles. The molecule has 1 aromatic rings. The van der Waals surface area contributed by atoms with Gasteiger partial charge >= 0.3 is 0 Å². The Morgan fingerprint density at radius 1 is 1.24 bits per heavy atom. The lowest BCUT2D eigenvalue weighted by Crippen LogP contribution is -2.37. The molecule has 0 bridgehead atoms.